The molecule has 2 aromatic heterocycles. The van der Waals surface area contributed by atoms with Crippen molar-refractivity contribution in [3.63, 3.8) is 0 Å². The zero-order valence-corrected chi connectivity index (χ0v) is 12.8. The molecule has 110 valence electrons. The summed E-state index contributed by atoms with van der Waals surface area (Å²) in [6.45, 7) is 3.86. The maximum Gasteiger partial charge on any atom is 0.262 e. The van der Waals surface area contributed by atoms with Crippen molar-refractivity contribution < 1.29 is 4.79 Å². The molecule has 0 fully saturated rings. The standard InChI is InChI=1S/C15H17N3O2S/c1-3-21-9-11-4-5-16-14(7-11)18-15(20)12-8-17-10(2)6-13(12)19/h4-8H,3,9H2,1-2H3,(H,17,19)(H,16,18,20). The highest BCUT2D eigenvalue weighted by molar-refractivity contribution is 7.98. The van der Waals surface area contributed by atoms with Crippen LogP contribution in [-0.2, 0) is 5.75 Å². The molecule has 0 atom stereocenters. The van der Waals surface area contributed by atoms with E-state index in [0.29, 0.717) is 11.5 Å². The maximum absolute atomic E-state index is 12.1. The third-order valence-corrected chi connectivity index (χ3v) is 3.79. The van der Waals surface area contributed by atoms with Crippen LogP contribution >= 0.6 is 11.8 Å². The van der Waals surface area contributed by atoms with Crippen LogP contribution < -0.4 is 10.7 Å². The molecular weight excluding hydrogens is 286 g/mol. The average molecular weight is 303 g/mol. The second kappa shape index (κ2) is 7.08. The van der Waals surface area contributed by atoms with E-state index in [-0.39, 0.29) is 11.0 Å². The van der Waals surface area contributed by atoms with Gasteiger partial charge in [-0.2, -0.15) is 11.8 Å². The van der Waals surface area contributed by atoms with Crippen molar-refractivity contribution in [1.82, 2.24) is 9.97 Å². The fourth-order valence-corrected chi connectivity index (χ4v) is 2.41. The molecule has 2 N–H and O–H groups in total. The molecule has 21 heavy (non-hydrogen) atoms. The predicted molar refractivity (Wildman–Crippen MR) is 85.8 cm³/mol. The van der Waals surface area contributed by atoms with E-state index in [1.807, 2.05) is 12.1 Å². The predicted octanol–water partition coefficient (Wildman–Crippen LogP) is 2.58. The number of hydrogen-bond acceptors (Lipinski definition) is 4. The first-order chi connectivity index (χ1) is 10.1. The SMILES string of the molecule is CCSCc1ccnc(NC(=O)c2c[nH]c(C)cc2=O)c1. The number of thioether (sulfide) groups is 1. The first-order valence-electron chi connectivity index (χ1n) is 6.63. The molecule has 0 aliphatic carbocycles. The Labute approximate surface area is 127 Å². The Balaban J connectivity index is 2.14. The van der Waals surface area contributed by atoms with Gasteiger partial charge in [0.05, 0.1) is 0 Å². The van der Waals surface area contributed by atoms with Crippen LogP contribution in [0.1, 0.15) is 28.5 Å². The lowest BCUT2D eigenvalue weighted by atomic mass is 10.2. The van der Waals surface area contributed by atoms with Crippen molar-refractivity contribution >= 4 is 23.5 Å². The monoisotopic (exact) mass is 303 g/mol. The van der Waals surface area contributed by atoms with Crippen molar-refractivity contribution in [2.45, 2.75) is 19.6 Å². The highest BCUT2D eigenvalue weighted by Gasteiger charge is 2.11. The summed E-state index contributed by atoms with van der Waals surface area (Å²) in [5.41, 5.74) is 1.58. The molecule has 0 spiro atoms. The number of carbonyl (C=O) groups excluding carboxylic acids is 1. The molecule has 6 heteroatoms. The summed E-state index contributed by atoms with van der Waals surface area (Å²) < 4.78 is 0. The quantitative estimate of drug-likeness (QED) is 0.890. The van der Waals surface area contributed by atoms with E-state index in [9.17, 15) is 9.59 Å². The first kappa shape index (κ1) is 15.3. The zero-order chi connectivity index (χ0) is 15.2. The van der Waals surface area contributed by atoms with Crippen molar-refractivity contribution in [1.29, 1.82) is 0 Å². The first-order valence-corrected chi connectivity index (χ1v) is 7.79. The number of H-pyrrole nitrogens is 1. The van der Waals surface area contributed by atoms with E-state index in [1.165, 1.54) is 12.3 Å². The Bertz CT molecular complexity index is 697. The number of hydrogen-bond donors (Lipinski definition) is 2. The van der Waals surface area contributed by atoms with Gasteiger partial charge < -0.3 is 10.3 Å². The molecule has 0 unspecified atom stereocenters. The van der Waals surface area contributed by atoms with E-state index < -0.39 is 5.91 Å². The Morgan fingerprint density at radius 2 is 2.24 bits per heavy atom. The minimum Gasteiger partial charge on any atom is -0.364 e. The Hall–Kier alpha value is -2.08. The van der Waals surface area contributed by atoms with E-state index >= 15 is 0 Å². The van der Waals surface area contributed by atoms with Gasteiger partial charge in [-0.05, 0) is 30.4 Å². The number of amides is 1. The number of aromatic amines is 1. The lowest BCUT2D eigenvalue weighted by molar-refractivity contribution is 0.102. The number of pyridine rings is 2. The number of carbonyl (C=O) groups is 1. The number of nitrogens with zero attached hydrogens (tertiary/aromatic N) is 1. The smallest absolute Gasteiger partial charge is 0.262 e. The summed E-state index contributed by atoms with van der Waals surface area (Å²) in [7, 11) is 0. The third kappa shape index (κ3) is 4.19. The van der Waals surface area contributed by atoms with Gasteiger partial charge >= 0.3 is 0 Å². The van der Waals surface area contributed by atoms with Gasteiger partial charge in [0.1, 0.15) is 11.4 Å². The van der Waals surface area contributed by atoms with Crippen LogP contribution in [0.5, 0.6) is 0 Å². The van der Waals surface area contributed by atoms with Crippen molar-refractivity contribution in [3.8, 4) is 0 Å². The molecule has 2 heterocycles. The second-order valence-corrected chi connectivity index (χ2v) is 5.81. The maximum atomic E-state index is 12.1. The van der Waals surface area contributed by atoms with Crippen molar-refractivity contribution in [2.75, 3.05) is 11.1 Å². The molecule has 0 saturated heterocycles. The highest BCUT2D eigenvalue weighted by Crippen LogP contribution is 2.14. The molecule has 0 bridgehead atoms. The summed E-state index contributed by atoms with van der Waals surface area (Å²) in [6.07, 6.45) is 3.07. The average Bonchev–Trinajstić information content (AvgIpc) is 2.45. The van der Waals surface area contributed by atoms with Crippen molar-refractivity contribution in [3.05, 3.63) is 57.6 Å². The normalized spacial score (nSPS) is 10.4. The lowest BCUT2D eigenvalue weighted by Crippen LogP contribution is -2.22. The molecule has 1 amide bonds. The van der Waals surface area contributed by atoms with Crippen LogP contribution in [0.4, 0.5) is 5.82 Å². The Kier molecular flexibility index (Phi) is 5.16. The van der Waals surface area contributed by atoms with Crippen LogP contribution in [0.15, 0.2) is 35.4 Å². The summed E-state index contributed by atoms with van der Waals surface area (Å²) in [6, 6.07) is 5.14. The number of anilines is 1. The van der Waals surface area contributed by atoms with Gasteiger partial charge in [0, 0.05) is 29.9 Å². The Morgan fingerprint density at radius 1 is 1.43 bits per heavy atom. The van der Waals surface area contributed by atoms with E-state index in [1.54, 1.807) is 24.9 Å². The molecule has 2 rings (SSSR count). The van der Waals surface area contributed by atoms with Gasteiger partial charge in [-0.1, -0.05) is 6.92 Å². The third-order valence-electron chi connectivity index (χ3n) is 2.84. The fraction of sp³-hybridized carbons (Fsp3) is 0.267. The number of nitrogens with one attached hydrogen (secondary N) is 2. The van der Waals surface area contributed by atoms with E-state index in [2.05, 4.69) is 22.2 Å². The van der Waals surface area contributed by atoms with Crippen LogP contribution in [0.2, 0.25) is 0 Å². The van der Waals surface area contributed by atoms with Gasteiger partial charge in [-0.15, -0.1) is 0 Å². The van der Waals surface area contributed by atoms with Gasteiger partial charge in [0.15, 0.2) is 5.43 Å². The molecule has 0 radical (unpaired) electrons. The van der Waals surface area contributed by atoms with Gasteiger partial charge in [0.2, 0.25) is 0 Å². The Morgan fingerprint density at radius 3 is 2.95 bits per heavy atom. The van der Waals surface area contributed by atoms with Crippen LogP contribution in [0.25, 0.3) is 0 Å². The topological polar surface area (TPSA) is 74.8 Å². The van der Waals surface area contributed by atoms with Crippen molar-refractivity contribution in [2.24, 2.45) is 0 Å². The summed E-state index contributed by atoms with van der Waals surface area (Å²) in [5, 5.41) is 2.66. The summed E-state index contributed by atoms with van der Waals surface area (Å²) in [4.78, 5) is 30.8. The summed E-state index contributed by atoms with van der Waals surface area (Å²) >= 11 is 1.79. The molecular formula is C15H17N3O2S. The van der Waals surface area contributed by atoms with Gasteiger partial charge in [-0.3, -0.25) is 9.59 Å². The minimum atomic E-state index is -0.455. The summed E-state index contributed by atoms with van der Waals surface area (Å²) in [5.74, 6) is 1.90. The number of aryl methyl sites for hydroxylation is 1. The molecule has 0 aliphatic rings. The highest BCUT2D eigenvalue weighted by atomic mass is 32.2. The minimum absolute atomic E-state index is 0.0794. The molecule has 2 aromatic rings. The second-order valence-electron chi connectivity index (χ2n) is 4.53. The van der Waals surface area contributed by atoms with E-state index in [4.69, 9.17) is 0 Å². The molecule has 0 saturated carbocycles. The number of rotatable bonds is 5. The van der Waals surface area contributed by atoms with Crippen LogP contribution in [0.3, 0.4) is 0 Å². The molecule has 0 aliphatic heterocycles. The number of aromatic nitrogens is 2. The van der Waals surface area contributed by atoms with E-state index in [0.717, 1.165) is 17.1 Å². The van der Waals surface area contributed by atoms with Gasteiger partial charge in [0.25, 0.3) is 5.91 Å². The van der Waals surface area contributed by atoms with Gasteiger partial charge in [-0.25, -0.2) is 4.98 Å². The lowest BCUT2D eigenvalue weighted by Gasteiger charge is -2.06. The zero-order valence-electron chi connectivity index (χ0n) is 12.0. The van der Waals surface area contributed by atoms with Crippen LogP contribution in [-0.4, -0.2) is 21.6 Å². The molecule has 5 nitrogen and oxygen atoms in total. The molecule has 0 aromatic carbocycles. The van der Waals surface area contributed by atoms with Crippen LogP contribution in [0, 0.1) is 6.92 Å². The largest absolute Gasteiger partial charge is 0.364 e. The fourth-order valence-electron chi connectivity index (χ4n) is 1.79.